The molecule has 0 saturated heterocycles. The van der Waals surface area contributed by atoms with Gasteiger partial charge in [-0.3, -0.25) is 0 Å². The van der Waals surface area contributed by atoms with Crippen molar-refractivity contribution in [3.63, 3.8) is 0 Å². The van der Waals surface area contributed by atoms with Gasteiger partial charge in [0.2, 0.25) is 0 Å². The summed E-state index contributed by atoms with van der Waals surface area (Å²) in [6.45, 7) is 14.0. The molecule has 28 heavy (non-hydrogen) atoms. The van der Waals surface area contributed by atoms with Crippen LogP contribution in [0.2, 0.25) is 0 Å². The van der Waals surface area contributed by atoms with Crippen LogP contribution < -0.4 is 5.73 Å². The molecule has 0 heterocycles. The Labute approximate surface area is 174 Å². The lowest BCUT2D eigenvalue weighted by atomic mass is 9.62. The van der Waals surface area contributed by atoms with Gasteiger partial charge in [-0.15, -0.1) is 0 Å². The highest BCUT2D eigenvalue weighted by atomic mass is 14.6. The maximum Gasteiger partial charge on any atom is 0.0291 e. The Morgan fingerprint density at radius 3 is 2.61 bits per heavy atom. The van der Waals surface area contributed by atoms with Crippen molar-refractivity contribution < 1.29 is 0 Å². The maximum absolute atomic E-state index is 6.23. The molecular formula is C27H45N. The zero-order valence-electron chi connectivity index (χ0n) is 19.2. The molecule has 4 atom stereocenters. The molecule has 0 aromatic carbocycles. The SMILES string of the molecule is C=C1/C(=C\C=C2/CCCC3(C)C(CCCCC(C)(C)C)CC[C@@H]23)CCCC1N. The number of hydrogen-bond donors (Lipinski definition) is 1. The monoisotopic (exact) mass is 383 g/mol. The van der Waals surface area contributed by atoms with E-state index in [0.717, 1.165) is 24.7 Å². The van der Waals surface area contributed by atoms with Gasteiger partial charge in [-0.05, 0) is 98.0 Å². The van der Waals surface area contributed by atoms with Gasteiger partial charge in [-0.1, -0.05) is 64.8 Å². The summed E-state index contributed by atoms with van der Waals surface area (Å²) in [5, 5.41) is 0. The Morgan fingerprint density at radius 2 is 1.86 bits per heavy atom. The Kier molecular flexibility index (Phi) is 6.96. The quantitative estimate of drug-likeness (QED) is 0.483. The molecule has 3 saturated carbocycles. The highest BCUT2D eigenvalue weighted by molar-refractivity contribution is 5.38. The molecule has 0 amide bonds. The van der Waals surface area contributed by atoms with Gasteiger partial charge in [0.25, 0.3) is 0 Å². The third-order valence-electron chi connectivity index (χ3n) is 8.21. The minimum absolute atomic E-state index is 0.180. The van der Waals surface area contributed by atoms with E-state index in [0.29, 0.717) is 10.8 Å². The average molecular weight is 384 g/mol. The van der Waals surface area contributed by atoms with Gasteiger partial charge in [0, 0.05) is 6.04 Å². The Morgan fingerprint density at radius 1 is 1.07 bits per heavy atom. The number of fused-ring (bicyclic) bond motifs is 1. The summed E-state index contributed by atoms with van der Waals surface area (Å²) >= 11 is 0. The fourth-order valence-corrected chi connectivity index (χ4v) is 6.35. The van der Waals surface area contributed by atoms with Crippen molar-refractivity contribution in [2.75, 3.05) is 0 Å². The van der Waals surface area contributed by atoms with Crippen LogP contribution in [0.15, 0.2) is 35.5 Å². The van der Waals surface area contributed by atoms with Crippen LogP contribution in [0.4, 0.5) is 0 Å². The van der Waals surface area contributed by atoms with Gasteiger partial charge in [-0.25, -0.2) is 0 Å². The van der Waals surface area contributed by atoms with Crippen LogP contribution in [-0.4, -0.2) is 6.04 Å². The lowest BCUT2D eigenvalue weighted by Crippen LogP contribution is -2.33. The first-order valence-electron chi connectivity index (χ1n) is 12.0. The van der Waals surface area contributed by atoms with Gasteiger partial charge >= 0.3 is 0 Å². The molecule has 0 aliphatic heterocycles. The lowest BCUT2D eigenvalue weighted by Gasteiger charge is -2.42. The number of allylic oxidation sites excluding steroid dienone is 3. The van der Waals surface area contributed by atoms with E-state index >= 15 is 0 Å². The molecule has 1 nitrogen and oxygen atoms in total. The fraction of sp³-hybridized carbons (Fsp3) is 0.778. The summed E-state index contributed by atoms with van der Waals surface area (Å²) in [5.74, 6) is 1.75. The van der Waals surface area contributed by atoms with E-state index in [2.05, 4.69) is 46.4 Å². The molecule has 1 heteroatoms. The molecule has 3 aliphatic carbocycles. The predicted octanol–water partition coefficient (Wildman–Crippen LogP) is 7.73. The molecule has 0 radical (unpaired) electrons. The van der Waals surface area contributed by atoms with Crippen LogP contribution in [0.3, 0.4) is 0 Å². The summed E-state index contributed by atoms with van der Waals surface area (Å²) < 4.78 is 0. The normalized spacial score (nSPS) is 36.9. The Bertz CT molecular complexity index is 617. The first-order valence-corrected chi connectivity index (χ1v) is 12.0. The lowest BCUT2D eigenvalue weighted by molar-refractivity contribution is 0.126. The van der Waals surface area contributed by atoms with Crippen molar-refractivity contribution in [1.82, 2.24) is 0 Å². The van der Waals surface area contributed by atoms with Crippen LogP contribution in [-0.2, 0) is 0 Å². The van der Waals surface area contributed by atoms with E-state index in [1.54, 1.807) is 5.57 Å². The van der Waals surface area contributed by atoms with Crippen LogP contribution >= 0.6 is 0 Å². The molecule has 2 N–H and O–H groups in total. The Hall–Kier alpha value is -0.820. The van der Waals surface area contributed by atoms with Crippen molar-refractivity contribution in [1.29, 1.82) is 0 Å². The van der Waals surface area contributed by atoms with Crippen molar-refractivity contribution in [2.45, 2.75) is 111 Å². The molecule has 158 valence electrons. The first-order chi connectivity index (χ1) is 13.2. The van der Waals surface area contributed by atoms with Crippen LogP contribution in [0.25, 0.3) is 0 Å². The number of unbranched alkanes of at least 4 members (excludes halogenated alkanes) is 1. The standard InChI is InChI=1S/C27H45N/c1-20-21(10-8-13-25(20)28)14-15-22-11-9-19-27(5)23(16-17-24(22)27)12-6-7-18-26(2,3)4/h14-15,23-25H,1,6-13,16-19,28H2,2-5H3/b21-14-,22-15+/t23?,24-,25?,27?/m0/s1. The Balaban J connectivity index is 1.63. The summed E-state index contributed by atoms with van der Waals surface area (Å²) in [5.41, 5.74) is 11.6. The van der Waals surface area contributed by atoms with Gasteiger partial charge in [0.15, 0.2) is 0 Å². The first kappa shape index (κ1) is 21.9. The van der Waals surface area contributed by atoms with Gasteiger partial charge in [0.05, 0.1) is 0 Å². The molecule has 0 aromatic rings. The molecule has 3 unspecified atom stereocenters. The smallest absolute Gasteiger partial charge is 0.0291 e. The highest BCUT2D eigenvalue weighted by Gasteiger charge is 2.48. The van der Waals surface area contributed by atoms with Crippen molar-refractivity contribution >= 4 is 0 Å². The van der Waals surface area contributed by atoms with Crippen molar-refractivity contribution in [2.24, 2.45) is 28.4 Å². The number of rotatable bonds is 5. The molecule has 0 bridgehead atoms. The van der Waals surface area contributed by atoms with E-state index in [4.69, 9.17) is 5.73 Å². The van der Waals surface area contributed by atoms with E-state index in [9.17, 15) is 0 Å². The maximum atomic E-state index is 6.23. The number of hydrogen-bond acceptors (Lipinski definition) is 1. The predicted molar refractivity (Wildman–Crippen MR) is 123 cm³/mol. The number of nitrogens with two attached hydrogens (primary N) is 1. The second-order valence-corrected chi connectivity index (χ2v) is 11.5. The van der Waals surface area contributed by atoms with E-state index < -0.39 is 0 Å². The van der Waals surface area contributed by atoms with Crippen molar-refractivity contribution in [3.05, 3.63) is 35.5 Å². The summed E-state index contributed by atoms with van der Waals surface area (Å²) in [6.07, 6.45) is 21.0. The van der Waals surface area contributed by atoms with Crippen LogP contribution in [0.5, 0.6) is 0 Å². The highest BCUT2D eigenvalue weighted by Crippen LogP contribution is 2.58. The molecular weight excluding hydrogens is 338 g/mol. The topological polar surface area (TPSA) is 26.0 Å². The molecule has 0 aromatic heterocycles. The van der Waals surface area contributed by atoms with E-state index in [-0.39, 0.29) is 6.04 Å². The minimum atomic E-state index is 0.180. The van der Waals surface area contributed by atoms with Gasteiger partial charge in [-0.2, -0.15) is 0 Å². The molecule has 0 spiro atoms. The van der Waals surface area contributed by atoms with E-state index in [1.807, 2.05) is 0 Å². The summed E-state index contributed by atoms with van der Waals surface area (Å²) in [4.78, 5) is 0. The van der Waals surface area contributed by atoms with Crippen LogP contribution in [0.1, 0.15) is 105 Å². The fourth-order valence-electron chi connectivity index (χ4n) is 6.35. The third-order valence-corrected chi connectivity index (χ3v) is 8.21. The summed E-state index contributed by atoms with van der Waals surface area (Å²) in [7, 11) is 0. The molecule has 3 rings (SSSR count). The molecule has 3 aliphatic rings. The summed E-state index contributed by atoms with van der Waals surface area (Å²) in [6, 6.07) is 0.180. The van der Waals surface area contributed by atoms with Crippen LogP contribution in [0, 0.1) is 22.7 Å². The second kappa shape index (κ2) is 8.90. The third kappa shape index (κ3) is 5.02. The van der Waals surface area contributed by atoms with Crippen molar-refractivity contribution in [3.8, 4) is 0 Å². The van der Waals surface area contributed by atoms with Gasteiger partial charge in [0.1, 0.15) is 0 Å². The zero-order chi connectivity index (χ0) is 20.4. The second-order valence-electron chi connectivity index (χ2n) is 11.5. The largest absolute Gasteiger partial charge is 0.324 e. The minimum Gasteiger partial charge on any atom is -0.324 e. The van der Waals surface area contributed by atoms with E-state index in [1.165, 1.54) is 75.4 Å². The molecule has 3 fully saturated rings. The zero-order valence-corrected chi connectivity index (χ0v) is 19.2. The average Bonchev–Trinajstić information content (AvgIpc) is 2.96. The van der Waals surface area contributed by atoms with Gasteiger partial charge < -0.3 is 5.73 Å².